The van der Waals surface area contributed by atoms with Gasteiger partial charge in [0.05, 0.1) is 0 Å². The van der Waals surface area contributed by atoms with Crippen LogP contribution in [0.3, 0.4) is 0 Å². The van der Waals surface area contributed by atoms with E-state index >= 15 is 0 Å². The van der Waals surface area contributed by atoms with Gasteiger partial charge in [-0.2, -0.15) is 0 Å². The molecule has 23 heavy (non-hydrogen) atoms. The van der Waals surface area contributed by atoms with Crippen molar-refractivity contribution in [2.45, 2.75) is 65.7 Å². The Bertz CT molecular complexity index is 404. The molecule has 4 atom stereocenters. The van der Waals surface area contributed by atoms with Crippen LogP contribution in [0.15, 0.2) is 37.5 Å². The SMILES string of the molecule is C=CCCC[C@@H](/C=C/C1CC(C)CCC1C(C)C)CC(=O)C=C. The predicted octanol–water partition coefficient (Wildman–Crippen LogP) is 6.37. The van der Waals surface area contributed by atoms with Crippen LogP contribution in [-0.4, -0.2) is 5.78 Å². The molecule has 0 heterocycles. The standard InChI is InChI=1S/C22H36O/c1-6-8-9-10-19(16-21(23)7-2)12-13-20-15-18(5)11-14-22(20)17(3)4/h6-7,12-13,17-20,22H,1-2,8-11,14-16H2,3-5H3/b13-12+/t18?,19-,20?,22?/m0/s1. The normalized spacial score (nSPS) is 26.3. The molecule has 1 nitrogen and oxygen atoms in total. The third-order valence-corrected chi connectivity index (χ3v) is 5.38. The summed E-state index contributed by atoms with van der Waals surface area (Å²) < 4.78 is 0. The van der Waals surface area contributed by atoms with Crippen LogP contribution in [0.25, 0.3) is 0 Å². The number of rotatable bonds is 10. The molecule has 3 unspecified atom stereocenters. The second-order valence-electron chi connectivity index (χ2n) is 7.73. The van der Waals surface area contributed by atoms with E-state index in [1.807, 2.05) is 6.08 Å². The highest BCUT2D eigenvalue weighted by atomic mass is 16.1. The van der Waals surface area contributed by atoms with Gasteiger partial charge in [-0.3, -0.25) is 4.79 Å². The second-order valence-corrected chi connectivity index (χ2v) is 7.73. The highest BCUT2D eigenvalue weighted by Crippen LogP contribution is 2.39. The topological polar surface area (TPSA) is 17.1 Å². The van der Waals surface area contributed by atoms with Crippen LogP contribution >= 0.6 is 0 Å². The molecule has 0 amide bonds. The van der Waals surface area contributed by atoms with Crippen LogP contribution in [0, 0.1) is 29.6 Å². The van der Waals surface area contributed by atoms with E-state index in [1.165, 1.54) is 25.3 Å². The first kappa shape index (κ1) is 19.9. The summed E-state index contributed by atoms with van der Waals surface area (Å²) in [6, 6.07) is 0. The molecular weight excluding hydrogens is 280 g/mol. The zero-order chi connectivity index (χ0) is 17.2. The minimum atomic E-state index is 0.163. The number of unbranched alkanes of at least 4 members (excludes halogenated alkanes) is 1. The Labute approximate surface area is 143 Å². The molecule has 0 aromatic heterocycles. The van der Waals surface area contributed by atoms with Crippen LogP contribution in [0.1, 0.15) is 65.7 Å². The lowest BCUT2D eigenvalue weighted by atomic mass is 9.70. The van der Waals surface area contributed by atoms with Crippen LogP contribution in [0.2, 0.25) is 0 Å². The Morgan fingerprint density at radius 3 is 2.61 bits per heavy atom. The molecule has 0 saturated heterocycles. The lowest BCUT2D eigenvalue weighted by molar-refractivity contribution is -0.115. The number of carbonyl (C=O) groups excluding carboxylic acids is 1. The van der Waals surface area contributed by atoms with Crippen molar-refractivity contribution in [2.75, 3.05) is 0 Å². The monoisotopic (exact) mass is 316 g/mol. The number of ketones is 1. The van der Waals surface area contributed by atoms with E-state index in [-0.39, 0.29) is 5.78 Å². The molecule has 1 fully saturated rings. The quantitative estimate of drug-likeness (QED) is 0.260. The second kappa shape index (κ2) is 10.6. The van der Waals surface area contributed by atoms with Gasteiger partial charge in [0.1, 0.15) is 0 Å². The molecule has 0 aromatic carbocycles. The third kappa shape index (κ3) is 7.33. The van der Waals surface area contributed by atoms with E-state index in [0.29, 0.717) is 18.3 Å². The van der Waals surface area contributed by atoms with Crippen LogP contribution < -0.4 is 0 Å². The van der Waals surface area contributed by atoms with Gasteiger partial charge in [0.2, 0.25) is 0 Å². The Hall–Kier alpha value is -1.11. The molecule has 1 saturated carbocycles. The van der Waals surface area contributed by atoms with Gasteiger partial charge in [0.15, 0.2) is 5.78 Å². The molecule has 130 valence electrons. The summed E-state index contributed by atoms with van der Waals surface area (Å²) in [5.41, 5.74) is 0. The zero-order valence-electron chi connectivity index (χ0n) is 15.5. The highest BCUT2D eigenvalue weighted by Gasteiger charge is 2.29. The highest BCUT2D eigenvalue weighted by molar-refractivity contribution is 5.89. The smallest absolute Gasteiger partial charge is 0.155 e. The van der Waals surface area contributed by atoms with Gasteiger partial charge in [0.25, 0.3) is 0 Å². The molecule has 0 aromatic rings. The molecule has 1 aliphatic carbocycles. The van der Waals surface area contributed by atoms with E-state index in [4.69, 9.17) is 0 Å². The molecule has 1 rings (SSSR count). The molecule has 1 heteroatoms. The van der Waals surface area contributed by atoms with Crippen molar-refractivity contribution in [1.82, 2.24) is 0 Å². The lowest BCUT2D eigenvalue weighted by Gasteiger charge is -2.36. The van der Waals surface area contributed by atoms with Gasteiger partial charge >= 0.3 is 0 Å². The molecule has 0 spiro atoms. The first-order valence-corrected chi connectivity index (χ1v) is 9.42. The largest absolute Gasteiger partial charge is 0.295 e. The van der Waals surface area contributed by atoms with Gasteiger partial charge in [0, 0.05) is 6.42 Å². The van der Waals surface area contributed by atoms with Gasteiger partial charge < -0.3 is 0 Å². The number of hydrogen-bond acceptors (Lipinski definition) is 1. The minimum Gasteiger partial charge on any atom is -0.295 e. The van der Waals surface area contributed by atoms with Crippen molar-refractivity contribution in [3.8, 4) is 0 Å². The number of hydrogen-bond donors (Lipinski definition) is 0. The van der Waals surface area contributed by atoms with Crippen LogP contribution in [0.5, 0.6) is 0 Å². The van der Waals surface area contributed by atoms with Gasteiger partial charge in [-0.1, -0.05) is 52.0 Å². The van der Waals surface area contributed by atoms with Crippen molar-refractivity contribution >= 4 is 5.78 Å². The molecule has 0 aliphatic heterocycles. The summed E-state index contributed by atoms with van der Waals surface area (Å²) in [5.74, 6) is 3.56. The molecule has 0 radical (unpaired) electrons. The summed E-state index contributed by atoms with van der Waals surface area (Å²) in [6.07, 6.45) is 16.0. The Kier molecular flexibility index (Phi) is 9.21. The third-order valence-electron chi connectivity index (χ3n) is 5.38. The maximum Gasteiger partial charge on any atom is 0.155 e. The fourth-order valence-electron chi connectivity index (χ4n) is 3.93. The first-order valence-electron chi connectivity index (χ1n) is 9.42. The zero-order valence-corrected chi connectivity index (χ0v) is 15.5. The number of carbonyl (C=O) groups is 1. The summed E-state index contributed by atoms with van der Waals surface area (Å²) in [5, 5.41) is 0. The Morgan fingerprint density at radius 2 is 2.00 bits per heavy atom. The molecule has 0 bridgehead atoms. The van der Waals surface area contributed by atoms with E-state index in [0.717, 1.165) is 37.0 Å². The van der Waals surface area contributed by atoms with Crippen LogP contribution in [-0.2, 0) is 4.79 Å². The minimum absolute atomic E-state index is 0.163. The Balaban J connectivity index is 2.72. The Morgan fingerprint density at radius 1 is 1.26 bits per heavy atom. The maximum atomic E-state index is 11.8. The summed E-state index contributed by atoms with van der Waals surface area (Å²) in [4.78, 5) is 11.8. The lowest BCUT2D eigenvalue weighted by Crippen LogP contribution is -2.26. The van der Waals surface area contributed by atoms with Gasteiger partial charge in [-0.05, 0) is 67.8 Å². The van der Waals surface area contributed by atoms with Crippen molar-refractivity contribution < 1.29 is 4.79 Å². The van der Waals surface area contributed by atoms with E-state index in [1.54, 1.807) is 0 Å². The average molecular weight is 317 g/mol. The van der Waals surface area contributed by atoms with E-state index in [9.17, 15) is 4.79 Å². The fraction of sp³-hybridized carbons (Fsp3) is 0.682. The van der Waals surface area contributed by atoms with E-state index in [2.05, 4.69) is 46.1 Å². The van der Waals surface area contributed by atoms with Gasteiger partial charge in [-0.25, -0.2) is 0 Å². The maximum absolute atomic E-state index is 11.8. The first-order chi connectivity index (χ1) is 11.0. The molecular formula is C22H36O. The van der Waals surface area contributed by atoms with Crippen molar-refractivity contribution in [1.29, 1.82) is 0 Å². The molecule has 0 N–H and O–H groups in total. The molecule has 1 aliphatic rings. The van der Waals surface area contributed by atoms with Crippen LogP contribution in [0.4, 0.5) is 0 Å². The van der Waals surface area contributed by atoms with Gasteiger partial charge in [-0.15, -0.1) is 6.58 Å². The number of allylic oxidation sites excluding steroid dienone is 4. The summed E-state index contributed by atoms with van der Waals surface area (Å²) in [6.45, 7) is 14.5. The van der Waals surface area contributed by atoms with E-state index < -0.39 is 0 Å². The van der Waals surface area contributed by atoms with Crippen molar-refractivity contribution in [3.05, 3.63) is 37.5 Å². The van der Waals surface area contributed by atoms with Crippen molar-refractivity contribution in [3.63, 3.8) is 0 Å². The summed E-state index contributed by atoms with van der Waals surface area (Å²) >= 11 is 0. The average Bonchev–Trinajstić information content (AvgIpc) is 2.52. The van der Waals surface area contributed by atoms with Crippen molar-refractivity contribution in [2.24, 2.45) is 29.6 Å². The predicted molar refractivity (Wildman–Crippen MR) is 101 cm³/mol. The fourth-order valence-corrected chi connectivity index (χ4v) is 3.93. The summed E-state index contributed by atoms with van der Waals surface area (Å²) in [7, 11) is 0.